The number of anilines is 2. The molecule has 100 valence electrons. The predicted octanol–water partition coefficient (Wildman–Crippen LogP) is 2.20. The number of carboxylic acid groups (broad SMARTS) is 1. The van der Waals surface area contributed by atoms with Crippen molar-refractivity contribution in [1.29, 1.82) is 0 Å². The topological polar surface area (TPSA) is 79.5 Å². The standard InChI is InChI=1S/C12H12FN3O2S/c1-16(4-7-5-19-6-15-7)9-3-2-8(13)11(14)10(9)12(17)18/h2-3,5-6H,4,14H2,1H3,(H,17,18). The highest BCUT2D eigenvalue weighted by molar-refractivity contribution is 7.07. The summed E-state index contributed by atoms with van der Waals surface area (Å²) in [7, 11) is 1.71. The summed E-state index contributed by atoms with van der Waals surface area (Å²) in [5.41, 5.74) is 7.79. The molecule has 0 radical (unpaired) electrons. The lowest BCUT2D eigenvalue weighted by atomic mass is 10.1. The van der Waals surface area contributed by atoms with Crippen molar-refractivity contribution in [1.82, 2.24) is 4.98 Å². The average molecular weight is 281 g/mol. The highest BCUT2D eigenvalue weighted by Gasteiger charge is 2.20. The number of aromatic carboxylic acids is 1. The zero-order valence-corrected chi connectivity index (χ0v) is 10.9. The van der Waals surface area contributed by atoms with Gasteiger partial charge < -0.3 is 15.7 Å². The van der Waals surface area contributed by atoms with Gasteiger partial charge in [0.25, 0.3) is 0 Å². The maximum Gasteiger partial charge on any atom is 0.340 e. The van der Waals surface area contributed by atoms with E-state index in [2.05, 4.69) is 4.98 Å². The molecule has 5 nitrogen and oxygen atoms in total. The van der Waals surface area contributed by atoms with Crippen LogP contribution in [0.1, 0.15) is 16.1 Å². The monoisotopic (exact) mass is 281 g/mol. The van der Waals surface area contributed by atoms with Crippen LogP contribution in [0.3, 0.4) is 0 Å². The van der Waals surface area contributed by atoms with Crippen LogP contribution in [0.15, 0.2) is 23.0 Å². The minimum Gasteiger partial charge on any atom is -0.478 e. The minimum atomic E-state index is -1.25. The molecule has 19 heavy (non-hydrogen) atoms. The fourth-order valence-electron chi connectivity index (χ4n) is 1.77. The van der Waals surface area contributed by atoms with Gasteiger partial charge in [-0.1, -0.05) is 0 Å². The third-order valence-electron chi connectivity index (χ3n) is 2.68. The molecule has 2 aromatic rings. The van der Waals surface area contributed by atoms with Crippen molar-refractivity contribution in [3.05, 3.63) is 40.1 Å². The van der Waals surface area contributed by atoms with Crippen LogP contribution in [0.5, 0.6) is 0 Å². The summed E-state index contributed by atoms with van der Waals surface area (Å²) in [6.45, 7) is 0.425. The number of hydrogen-bond acceptors (Lipinski definition) is 5. The van der Waals surface area contributed by atoms with Crippen molar-refractivity contribution in [2.45, 2.75) is 6.54 Å². The van der Waals surface area contributed by atoms with Crippen molar-refractivity contribution >= 4 is 28.7 Å². The van der Waals surface area contributed by atoms with E-state index in [1.807, 2.05) is 5.38 Å². The maximum absolute atomic E-state index is 13.3. The van der Waals surface area contributed by atoms with Gasteiger partial charge >= 0.3 is 5.97 Å². The smallest absolute Gasteiger partial charge is 0.340 e. The first-order valence-corrected chi connectivity index (χ1v) is 6.34. The molecule has 7 heteroatoms. The molecule has 0 atom stereocenters. The third kappa shape index (κ3) is 2.65. The number of hydrogen-bond donors (Lipinski definition) is 2. The molecule has 0 aliphatic carbocycles. The molecule has 1 aromatic carbocycles. The molecule has 3 N–H and O–H groups in total. The second-order valence-electron chi connectivity index (χ2n) is 4.00. The summed E-state index contributed by atoms with van der Waals surface area (Å²) >= 11 is 1.45. The van der Waals surface area contributed by atoms with E-state index in [9.17, 15) is 9.18 Å². The van der Waals surface area contributed by atoms with Gasteiger partial charge in [-0.05, 0) is 12.1 Å². The van der Waals surface area contributed by atoms with Crippen LogP contribution in [0.4, 0.5) is 15.8 Å². The van der Waals surface area contributed by atoms with E-state index in [1.165, 1.54) is 17.4 Å². The summed E-state index contributed by atoms with van der Waals surface area (Å²) in [5.74, 6) is -1.99. The predicted molar refractivity (Wildman–Crippen MR) is 72.0 cm³/mol. The quantitative estimate of drug-likeness (QED) is 0.840. The first kappa shape index (κ1) is 13.3. The van der Waals surface area contributed by atoms with E-state index in [0.717, 1.165) is 11.8 Å². The van der Waals surface area contributed by atoms with E-state index in [1.54, 1.807) is 17.5 Å². The van der Waals surface area contributed by atoms with Gasteiger partial charge in [-0.2, -0.15) is 0 Å². The van der Waals surface area contributed by atoms with Crippen molar-refractivity contribution in [3.8, 4) is 0 Å². The summed E-state index contributed by atoms with van der Waals surface area (Å²) < 4.78 is 13.3. The number of rotatable bonds is 4. The Morgan fingerprint density at radius 1 is 1.58 bits per heavy atom. The van der Waals surface area contributed by atoms with Crippen molar-refractivity contribution in [3.63, 3.8) is 0 Å². The second kappa shape index (κ2) is 5.23. The summed E-state index contributed by atoms with van der Waals surface area (Å²) in [4.78, 5) is 17.0. The van der Waals surface area contributed by atoms with Crippen LogP contribution in [0.2, 0.25) is 0 Å². The van der Waals surface area contributed by atoms with E-state index in [-0.39, 0.29) is 11.3 Å². The van der Waals surface area contributed by atoms with Crippen molar-refractivity contribution < 1.29 is 14.3 Å². The molecule has 0 aliphatic heterocycles. The number of nitrogens with zero attached hydrogens (tertiary/aromatic N) is 2. The molecule has 0 saturated heterocycles. The number of thiazole rings is 1. The third-order valence-corrected chi connectivity index (χ3v) is 3.31. The lowest BCUT2D eigenvalue weighted by Crippen LogP contribution is -2.21. The molecule has 0 saturated carbocycles. The van der Waals surface area contributed by atoms with Crippen molar-refractivity contribution in [2.24, 2.45) is 0 Å². The lowest BCUT2D eigenvalue weighted by Gasteiger charge is -2.21. The summed E-state index contributed by atoms with van der Waals surface area (Å²) in [5, 5.41) is 11.0. The van der Waals surface area contributed by atoms with Gasteiger partial charge in [-0.3, -0.25) is 0 Å². The Morgan fingerprint density at radius 3 is 2.89 bits per heavy atom. The molecule has 1 heterocycles. The highest BCUT2D eigenvalue weighted by atomic mass is 32.1. The summed E-state index contributed by atoms with van der Waals surface area (Å²) in [6.07, 6.45) is 0. The first-order chi connectivity index (χ1) is 9.00. The van der Waals surface area contributed by atoms with E-state index >= 15 is 0 Å². The number of carboxylic acids is 1. The summed E-state index contributed by atoms with van der Waals surface area (Å²) in [6, 6.07) is 2.57. The zero-order chi connectivity index (χ0) is 14.0. The number of nitrogen functional groups attached to an aromatic ring is 1. The number of benzene rings is 1. The fraction of sp³-hybridized carbons (Fsp3) is 0.167. The Hall–Kier alpha value is -2.15. The average Bonchev–Trinajstić information content (AvgIpc) is 2.84. The Morgan fingerprint density at radius 2 is 2.32 bits per heavy atom. The van der Waals surface area contributed by atoms with Gasteiger partial charge in [0.15, 0.2) is 0 Å². The Balaban J connectivity index is 2.38. The van der Waals surface area contributed by atoms with Gasteiger partial charge in [0, 0.05) is 12.4 Å². The van der Waals surface area contributed by atoms with Gasteiger partial charge in [-0.25, -0.2) is 14.2 Å². The Bertz CT molecular complexity index is 601. The molecule has 0 spiro atoms. The molecule has 0 bridgehead atoms. The molecule has 0 unspecified atom stereocenters. The van der Waals surface area contributed by atoms with Gasteiger partial charge in [0.1, 0.15) is 11.4 Å². The minimum absolute atomic E-state index is 0.224. The van der Waals surface area contributed by atoms with Crippen LogP contribution in [0, 0.1) is 5.82 Å². The van der Waals surface area contributed by atoms with Crippen LogP contribution in [-0.4, -0.2) is 23.1 Å². The molecule has 0 amide bonds. The normalized spacial score (nSPS) is 10.4. The van der Waals surface area contributed by atoms with Crippen molar-refractivity contribution in [2.75, 3.05) is 17.7 Å². The molecule has 0 fully saturated rings. The van der Waals surface area contributed by atoms with Gasteiger partial charge in [0.05, 0.1) is 29.1 Å². The highest BCUT2D eigenvalue weighted by Crippen LogP contribution is 2.28. The lowest BCUT2D eigenvalue weighted by molar-refractivity contribution is 0.0698. The van der Waals surface area contributed by atoms with Gasteiger partial charge in [-0.15, -0.1) is 11.3 Å². The van der Waals surface area contributed by atoms with E-state index < -0.39 is 11.8 Å². The Kier molecular flexibility index (Phi) is 3.66. The SMILES string of the molecule is CN(Cc1cscn1)c1ccc(F)c(N)c1C(=O)O. The molecule has 1 aromatic heterocycles. The van der Waals surface area contributed by atoms with Crippen LogP contribution < -0.4 is 10.6 Å². The molecular formula is C12H12FN3O2S. The molecular weight excluding hydrogens is 269 g/mol. The number of aromatic nitrogens is 1. The number of carbonyl (C=O) groups is 1. The van der Waals surface area contributed by atoms with Crippen LogP contribution in [-0.2, 0) is 6.54 Å². The number of halogens is 1. The maximum atomic E-state index is 13.3. The first-order valence-electron chi connectivity index (χ1n) is 5.40. The van der Waals surface area contributed by atoms with E-state index in [4.69, 9.17) is 10.8 Å². The van der Waals surface area contributed by atoms with Crippen LogP contribution in [0.25, 0.3) is 0 Å². The van der Waals surface area contributed by atoms with E-state index in [0.29, 0.717) is 12.2 Å². The largest absolute Gasteiger partial charge is 0.478 e. The molecule has 2 rings (SSSR count). The fourth-order valence-corrected chi connectivity index (χ4v) is 2.32. The van der Waals surface area contributed by atoms with Crippen LogP contribution >= 0.6 is 11.3 Å². The second-order valence-corrected chi connectivity index (χ2v) is 4.71. The Labute approximate surface area is 113 Å². The molecule has 0 aliphatic rings. The number of nitrogens with two attached hydrogens (primary N) is 1. The zero-order valence-electron chi connectivity index (χ0n) is 10.1. The van der Waals surface area contributed by atoms with Gasteiger partial charge in [0.2, 0.25) is 0 Å².